The topological polar surface area (TPSA) is 73.8 Å². The van der Waals surface area contributed by atoms with Gasteiger partial charge in [-0.1, -0.05) is 25.5 Å². The molecule has 0 bridgehead atoms. The van der Waals surface area contributed by atoms with Crippen molar-refractivity contribution in [3.8, 4) is 0 Å². The monoisotopic (exact) mass is 404 g/mol. The van der Waals surface area contributed by atoms with E-state index in [2.05, 4.69) is 4.98 Å². The highest BCUT2D eigenvalue weighted by Gasteiger charge is 2.57. The maximum atomic E-state index is 13.3. The fourth-order valence-corrected chi connectivity index (χ4v) is 4.40. The molecule has 0 N–H and O–H groups in total. The van der Waals surface area contributed by atoms with Gasteiger partial charge in [0.05, 0.1) is 5.51 Å². The van der Waals surface area contributed by atoms with Crippen LogP contribution in [0.4, 0.5) is 4.79 Å². The molecule has 3 heterocycles. The molecule has 1 aromatic rings. The summed E-state index contributed by atoms with van der Waals surface area (Å²) in [5.41, 5.74) is 2.32. The number of likely N-dealkylation sites (tertiary alicyclic amines) is 1. The number of hydrogen-bond acceptors (Lipinski definition) is 5. The van der Waals surface area contributed by atoms with Crippen LogP contribution in [0.5, 0.6) is 0 Å². The molecule has 0 aromatic carbocycles. The van der Waals surface area contributed by atoms with Gasteiger partial charge in [0.25, 0.3) is 11.8 Å². The highest BCUT2D eigenvalue weighted by Crippen LogP contribution is 2.38. The number of aromatic nitrogens is 1. The number of imide groups is 1. The average molecular weight is 405 g/mol. The lowest BCUT2D eigenvalue weighted by molar-refractivity contribution is -0.135. The van der Waals surface area contributed by atoms with E-state index in [-0.39, 0.29) is 23.8 Å². The molecule has 0 saturated carbocycles. The van der Waals surface area contributed by atoms with E-state index in [1.165, 1.54) is 16.2 Å². The molecular weight excluding hydrogens is 376 g/mol. The molecule has 2 saturated heterocycles. The number of nitrogens with zero attached hydrogens (tertiary/aromatic N) is 4. The summed E-state index contributed by atoms with van der Waals surface area (Å²) < 4.78 is 0. The molecule has 4 amide bonds. The summed E-state index contributed by atoms with van der Waals surface area (Å²) >= 11 is 1.39. The number of amides is 4. The number of allylic oxidation sites excluding steroid dienone is 1. The Morgan fingerprint density at radius 1 is 1.29 bits per heavy atom. The van der Waals surface area contributed by atoms with Crippen LogP contribution in [0.1, 0.15) is 51.0 Å². The van der Waals surface area contributed by atoms with Gasteiger partial charge in [0.15, 0.2) is 0 Å². The third-order valence-corrected chi connectivity index (χ3v) is 5.97. The predicted molar refractivity (Wildman–Crippen MR) is 108 cm³/mol. The van der Waals surface area contributed by atoms with Crippen molar-refractivity contribution in [2.45, 2.75) is 46.1 Å². The van der Waals surface area contributed by atoms with Crippen LogP contribution in [0.15, 0.2) is 22.5 Å². The summed E-state index contributed by atoms with van der Waals surface area (Å²) in [6.45, 7) is 9.73. The Labute approximate surface area is 170 Å². The van der Waals surface area contributed by atoms with Crippen LogP contribution in [-0.2, 0) is 4.79 Å². The fourth-order valence-electron chi connectivity index (χ4n) is 3.88. The molecule has 8 heteroatoms. The van der Waals surface area contributed by atoms with Crippen molar-refractivity contribution in [3.63, 3.8) is 0 Å². The lowest BCUT2D eigenvalue weighted by atomic mass is 9.85. The minimum atomic E-state index is -0.838. The normalized spacial score (nSPS) is 19.1. The molecule has 7 nitrogen and oxygen atoms in total. The van der Waals surface area contributed by atoms with E-state index in [1.807, 2.05) is 33.8 Å². The third-order valence-electron chi connectivity index (χ3n) is 5.38. The summed E-state index contributed by atoms with van der Waals surface area (Å²) in [6.07, 6.45) is 2.83. The quantitative estimate of drug-likeness (QED) is 0.559. The maximum Gasteiger partial charge on any atom is 0.327 e. The summed E-state index contributed by atoms with van der Waals surface area (Å²) in [5, 5.41) is 1.74. The van der Waals surface area contributed by atoms with Crippen molar-refractivity contribution in [1.82, 2.24) is 19.7 Å². The molecule has 1 spiro atoms. The minimum Gasteiger partial charge on any atom is -0.337 e. The number of carbonyl (C=O) groups is 3. The van der Waals surface area contributed by atoms with Gasteiger partial charge in [-0.15, -0.1) is 11.3 Å². The number of hydrogen-bond donors (Lipinski definition) is 0. The Hall–Kier alpha value is -2.22. The van der Waals surface area contributed by atoms with Crippen LogP contribution in [0.3, 0.4) is 0 Å². The molecule has 2 aliphatic heterocycles. The van der Waals surface area contributed by atoms with Crippen LogP contribution < -0.4 is 0 Å². The lowest BCUT2D eigenvalue weighted by Gasteiger charge is -2.42. The molecule has 2 aliphatic rings. The van der Waals surface area contributed by atoms with Gasteiger partial charge < -0.3 is 9.80 Å². The molecule has 0 aliphatic carbocycles. The van der Waals surface area contributed by atoms with E-state index in [0.717, 1.165) is 5.57 Å². The first-order chi connectivity index (χ1) is 13.3. The van der Waals surface area contributed by atoms with Crippen LogP contribution in [-0.4, -0.2) is 69.2 Å². The van der Waals surface area contributed by atoms with Crippen molar-refractivity contribution in [3.05, 3.63) is 28.2 Å². The van der Waals surface area contributed by atoms with Gasteiger partial charge in [-0.2, -0.15) is 0 Å². The first kappa shape index (κ1) is 20.5. The fraction of sp³-hybridized carbons (Fsp3) is 0.600. The van der Waals surface area contributed by atoms with Gasteiger partial charge in [-0.05, 0) is 32.6 Å². The van der Waals surface area contributed by atoms with Crippen LogP contribution in [0, 0.1) is 5.92 Å². The number of urea groups is 1. The Kier molecular flexibility index (Phi) is 5.88. The predicted octanol–water partition coefficient (Wildman–Crippen LogP) is 3.00. The van der Waals surface area contributed by atoms with E-state index in [0.29, 0.717) is 44.7 Å². The first-order valence-electron chi connectivity index (χ1n) is 9.70. The molecule has 1 aromatic heterocycles. The van der Waals surface area contributed by atoms with Gasteiger partial charge in [0, 0.05) is 31.6 Å². The standard InChI is InChI=1S/C20H28N4O3S/c1-14(2)5-8-23-18(26)20(24(19(23)27)11-15(3)4)6-9-22(10-7-20)17(25)16-12-28-13-21-16/h5,12-13,15H,6-11H2,1-4H3. The highest BCUT2D eigenvalue weighted by molar-refractivity contribution is 7.07. The number of carbonyl (C=O) groups excluding carboxylic acids is 3. The second-order valence-electron chi connectivity index (χ2n) is 8.18. The number of rotatable bonds is 5. The van der Waals surface area contributed by atoms with E-state index < -0.39 is 5.54 Å². The van der Waals surface area contributed by atoms with E-state index in [1.54, 1.807) is 20.7 Å². The van der Waals surface area contributed by atoms with Crippen LogP contribution in [0.2, 0.25) is 0 Å². The molecule has 28 heavy (non-hydrogen) atoms. The van der Waals surface area contributed by atoms with Crippen LogP contribution >= 0.6 is 11.3 Å². The zero-order chi connectivity index (χ0) is 20.5. The lowest BCUT2D eigenvalue weighted by Crippen LogP contribution is -2.58. The molecule has 0 unspecified atom stereocenters. The van der Waals surface area contributed by atoms with Crippen molar-refractivity contribution < 1.29 is 14.4 Å². The Morgan fingerprint density at radius 3 is 2.50 bits per heavy atom. The second kappa shape index (κ2) is 8.03. The minimum absolute atomic E-state index is 0.107. The first-order valence-corrected chi connectivity index (χ1v) is 10.6. The van der Waals surface area contributed by atoms with Crippen molar-refractivity contribution >= 4 is 29.2 Å². The molecule has 2 fully saturated rings. The maximum absolute atomic E-state index is 13.3. The molecule has 0 radical (unpaired) electrons. The summed E-state index contributed by atoms with van der Waals surface area (Å²) in [4.78, 5) is 47.9. The number of thiazole rings is 1. The summed E-state index contributed by atoms with van der Waals surface area (Å²) in [6, 6.07) is -0.213. The largest absolute Gasteiger partial charge is 0.337 e. The molecule has 152 valence electrons. The van der Waals surface area contributed by atoms with Crippen molar-refractivity contribution in [1.29, 1.82) is 0 Å². The van der Waals surface area contributed by atoms with Crippen LogP contribution in [0.25, 0.3) is 0 Å². The molecule has 3 rings (SSSR count). The van der Waals surface area contributed by atoms with Gasteiger partial charge in [-0.3, -0.25) is 14.5 Å². The Bertz CT molecular complexity index is 775. The van der Waals surface area contributed by atoms with Crippen molar-refractivity contribution in [2.24, 2.45) is 5.92 Å². The van der Waals surface area contributed by atoms with Gasteiger partial charge in [-0.25, -0.2) is 9.78 Å². The average Bonchev–Trinajstić information content (AvgIpc) is 3.24. The smallest absolute Gasteiger partial charge is 0.327 e. The summed E-state index contributed by atoms with van der Waals surface area (Å²) in [7, 11) is 0. The Balaban J connectivity index is 1.81. The van der Waals surface area contributed by atoms with Crippen molar-refractivity contribution in [2.75, 3.05) is 26.2 Å². The Morgan fingerprint density at radius 2 is 1.96 bits per heavy atom. The van der Waals surface area contributed by atoms with E-state index >= 15 is 0 Å². The van der Waals surface area contributed by atoms with Gasteiger partial charge in [0.2, 0.25) is 0 Å². The van der Waals surface area contributed by atoms with Gasteiger partial charge >= 0.3 is 6.03 Å². The second-order valence-corrected chi connectivity index (χ2v) is 8.90. The van der Waals surface area contributed by atoms with Gasteiger partial charge in [0.1, 0.15) is 11.2 Å². The zero-order valence-corrected chi connectivity index (χ0v) is 17.8. The zero-order valence-electron chi connectivity index (χ0n) is 17.0. The van der Waals surface area contributed by atoms with E-state index in [9.17, 15) is 14.4 Å². The van der Waals surface area contributed by atoms with E-state index in [4.69, 9.17) is 0 Å². The SMILES string of the molecule is CC(C)=CCN1C(=O)N(CC(C)C)C2(CCN(C(=O)c3cscn3)CC2)C1=O. The highest BCUT2D eigenvalue weighted by atomic mass is 32.1. The summed E-state index contributed by atoms with van der Waals surface area (Å²) in [5.74, 6) is 0.0211. The third kappa shape index (κ3) is 3.70. The molecule has 0 atom stereocenters. The molecular formula is C20H28N4O3S. The number of piperidine rings is 1.